The predicted octanol–water partition coefficient (Wildman–Crippen LogP) is 3.27. The third kappa shape index (κ3) is 4.72. The minimum atomic E-state index is -1.13. The average molecular weight is 441 g/mol. The highest BCUT2D eigenvalue weighted by Gasteiger charge is 2.37. The molecule has 0 saturated heterocycles. The van der Waals surface area contributed by atoms with Gasteiger partial charge in [-0.3, -0.25) is 0 Å². The summed E-state index contributed by atoms with van der Waals surface area (Å²) < 4.78 is 15.8. The molecule has 9 heteroatoms. The summed E-state index contributed by atoms with van der Waals surface area (Å²) in [7, 11) is 1.56. The van der Waals surface area contributed by atoms with E-state index in [1.54, 1.807) is 45.2 Å². The maximum absolute atomic E-state index is 13.2. The second-order valence-electron chi connectivity index (χ2n) is 7.94. The minimum absolute atomic E-state index is 0.0600. The van der Waals surface area contributed by atoms with E-state index in [0.717, 1.165) is 0 Å². The van der Waals surface area contributed by atoms with Gasteiger partial charge in [-0.25, -0.2) is 9.59 Å². The van der Waals surface area contributed by atoms with Gasteiger partial charge < -0.3 is 24.4 Å². The molecule has 2 heterocycles. The van der Waals surface area contributed by atoms with E-state index < -0.39 is 17.9 Å². The lowest BCUT2D eigenvalue weighted by Crippen LogP contribution is -2.33. The van der Waals surface area contributed by atoms with E-state index in [0.29, 0.717) is 28.3 Å². The summed E-state index contributed by atoms with van der Waals surface area (Å²) in [5.74, 6) is -2.05. The Morgan fingerprint density at radius 3 is 2.53 bits per heavy atom. The van der Waals surface area contributed by atoms with Crippen molar-refractivity contribution in [1.29, 1.82) is 0 Å². The topological polar surface area (TPSA) is 124 Å². The first-order valence-electron chi connectivity index (χ1n) is 10.2. The molecule has 0 bridgehead atoms. The summed E-state index contributed by atoms with van der Waals surface area (Å²) in [6.07, 6.45) is 0.945. The van der Waals surface area contributed by atoms with Crippen molar-refractivity contribution in [3.8, 4) is 11.4 Å². The van der Waals surface area contributed by atoms with Gasteiger partial charge in [-0.15, -0.1) is 0 Å². The second-order valence-corrected chi connectivity index (χ2v) is 7.94. The summed E-state index contributed by atoms with van der Waals surface area (Å²) in [5, 5.41) is 16.8. The van der Waals surface area contributed by atoms with Crippen LogP contribution in [-0.4, -0.2) is 47.0 Å². The molecule has 1 aliphatic heterocycles. The fourth-order valence-corrected chi connectivity index (χ4v) is 3.80. The molecule has 170 valence electrons. The molecule has 3 rings (SSSR count). The Hall–Kier alpha value is -3.46. The van der Waals surface area contributed by atoms with Gasteiger partial charge in [0, 0.05) is 24.1 Å². The normalized spacial score (nSPS) is 17.4. The number of benzene rings is 1. The molecule has 32 heavy (non-hydrogen) atoms. The molecule has 0 fully saturated rings. The number of esters is 1. The van der Waals surface area contributed by atoms with Gasteiger partial charge in [-0.2, -0.15) is 4.98 Å². The lowest BCUT2D eigenvalue weighted by molar-refractivity contribution is -0.144. The second kappa shape index (κ2) is 9.78. The van der Waals surface area contributed by atoms with Crippen molar-refractivity contribution < 1.29 is 28.7 Å². The van der Waals surface area contributed by atoms with Crippen molar-refractivity contribution >= 4 is 11.9 Å². The molecule has 0 aliphatic carbocycles. The lowest BCUT2D eigenvalue weighted by Gasteiger charge is -2.30. The summed E-state index contributed by atoms with van der Waals surface area (Å²) in [4.78, 5) is 29.4. The Morgan fingerprint density at radius 1 is 1.22 bits per heavy atom. The average Bonchev–Trinajstić information content (AvgIpc) is 3.28. The Balaban J connectivity index is 2.03. The van der Waals surface area contributed by atoms with Gasteiger partial charge in [0.1, 0.15) is 6.61 Å². The molecular formula is C23H27N3O6. The molecule has 1 aromatic carbocycles. The lowest BCUT2D eigenvalue weighted by atomic mass is 9.80. The van der Waals surface area contributed by atoms with Crippen LogP contribution in [0.25, 0.3) is 11.4 Å². The highest BCUT2D eigenvalue weighted by molar-refractivity contribution is 5.99. The number of nitrogens with one attached hydrogen (secondary N) is 1. The molecule has 2 aromatic rings. The number of carbonyl (C=O) groups is 2. The first-order valence-corrected chi connectivity index (χ1v) is 10.2. The maximum Gasteiger partial charge on any atom is 0.336 e. The Bertz CT molecular complexity index is 1060. The van der Waals surface area contributed by atoms with E-state index >= 15 is 0 Å². The molecule has 0 saturated carbocycles. The van der Waals surface area contributed by atoms with Gasteiger partial charge in [0.15, 0.2) is 0 Å². The third-order valence-corrected chi connectivity index (χ3v) is 5.48. The number of carbonyl (C=O) groups excluding carboxylic acids is 1. The number of allylic oxidation sites excluding steroid dienone is 2. The maximum atomic E-state index is 13.2. The number of nitrogens with zero attached hydrogens (tertiary/aromatic N) is 2. The van der Waals surface area contributed by atoms with Gasteiger partial charge in [-0.1, -0.05) is 37.2 Å². The molecule has 1 aromatic heterocycles. The molecule has 2 N–H and O–H groups in total. The van der Waals surface area contributed by atoms with Crippen molar-refractivity contribution in [2.24, 2.45) is 5.92 Å². The highest BCUT2D eigenvalue weighted by Crippen LogP contribution is 2.39. The largest absolute Gasteiger partial charge is 0.478 e. The van der Waals surface area contributed by atoms with Crippen LogP contribution in [0.15, 0.2) is 57.7 Å². The fraction of sp³-hybridized carbons (Fsp3) is 0.391. The molecule has 9 nitrogen and oxygen atoms in total. The molecule has 1 aliphatic rings. The SMILES string of the molecule is COC(COC(=O)C1=C(C)NC(C)=C(C(=O)O)C1c1cccc(-c2ncon2)c1)C(C)C. The van der Waals surface area contributed by atoms with Crippen molar-refractivity contribution in [2.45, 2.75) is 39.7 Å². The highest BCUT2D eigenvalue weighted by atomic mass is 16.6. The third-order valence-electron chi connectivity index (χ3n) is 5.48. The van der Waals surface area contributed by atoms with Crippen LogP contribution in [0.1, 0.15) is 39.2 Å². The van der Waals surface area contributed by atoms with Gasteiger partial charge >= 0.3 is 11.9 Å². The number of carboxylic acid groups (broad SMARTS) is 1. The quantitative estimate of drug-likeness (QED) is 0.594. The minimum Gasteiger partial charge on any atom is -0.478 e. The Labute approximate surface area is 186 Å². The van der Waals surface area contributed by atoms with Crippen LogP contribution in [0.3, 0.4) is 0 Å². The predicted molar refractivity (Wildman–Crippen MR) is 115 cm³/mol. The smallest absolute Gasteiger partial charge is 0.336 e. The van der Waals surface area contributed by atoms with Crippen molar-refractivity contribution in [1.82, 2.24) is 15.5 Å². The van der Waals surface area contributed by atoms with Crippen molar-refractivity contribution in [2.75, 3.05) is 13.7 Å². The van der Waals surface area contributed by atoms with E-state index in [4.69, 9.17) is 14.0 Å². The summed E-state index contributed by atoms with van der Waals surface area (Å²) in [6, 6.07) is 7.06. The molecule has 2 unspecified atom stereocenters. The van der Waals surface area contributed by atoms with E-state index in [9.17, 15) is 14.7 Å². The Morgan fingerprint density at radius 2 is 1.94 bits per heavy atom. The van der Waals surface area contributed by atoms with Gasteiger partial charge in [0.2, 0.25) is 12.2 Å². The zero-order valence-electron chi connectivity index (χ0n) is 18.7. The molecule has 2 atom stereocenters. The Kier molecular flexibility index (Phi) is 7.09. The van der Waals surface area contributed by atoms with Gasteiger partial charge in [0.25, 0.3) is 0 Å². The number of hydrogen-bond acceptors (Lipinski definition) is 8. The van der Waals surface area contributed by atoms with Crippen LogP contribution in [0.4, 0.5) is 0 Å². The van der Waals surface area contributed by atoms with E-state index in [1.807, 2.05) is 13.8 Å². The molecule has 0 radical (unpaired) electrons. The van der Waals surface area contributed by atoms with Gasteiger partial charge in [-0.05, 0) is 31.4 Å². The number of carboxylic acids is 1. The van der Waals surface area contributed by atoms with E-state index in [-0.39, 0.29) is 29.8 Å². The van der Waals surface area contributed by atoms with Crippen LogP contribution in [-0.2, 0) is 19.1 Å². The van der Waals surface area contributed by atoms with Gasteiger partial charge in [0.05, 0.1) is 23.2 Å². The number of rotatable bonds is 8. The summed E-state index contributed by atoms with van der Waals surface area (Å²) >= 11 is 0. The van der Waals surface area contributed by atoms with E-state index in [1.165, 1.54) is 6.39 Å². The zero-order chi connectivity index (χ0) is 23.4. The molecular weight excluding hydrogens is 414 g/mol. The number of methoxy groups -OCH3 is 1. The summed E-state index contributed by atoms with van der Waals surface area (Å²) in [5.41, 5.74) is 2.53. The van der Waals surface area contributed by atoms with Crippen molar-refractivity contribution in [3.63, 3.8) is 0 Å². The van der Waals surface area contributed by atoms with E-state index in [2.05, 4.69) is 15.5 Å². The van der Waals surface area contributed by atoms with Crippen LogP contribution in [0.2, 0.25) is 0 Å². The van der Waals surface area contributed by atoms with Crippen LogP contribution in [0, 0.1) is 5.92 Å². The fourth-order valence-electron chi connectivity index (χ4n) is 3.80. The van der Waals surface area contributed by atoms with Crippen LogP contribution < -0.4 is 5.32 Å². The zero-order valence-corrected chi connectivity index (χ0v) is 18.7. The van der Waals surface area contributed by atoms with Crippen LogP contribution >= 0.6 is 0 Å². The van der Waals surface area contributed by atoms with Crippen molar-refractivity contribution in [3.05, 3.63) is 58.8 Å². The number of hydrogen-bond donors (Lipinski definition) is 2. The van der Waals surface area contributed by atoms with Crippen LogP contribution in [0.5, 0.6) is 0 Å². The number of ether oxygens (including phenoxy) is 2. The first kappa shape index (κ1) is 23.2. The number of aliphatic carboxylic acids is 1. The number of dihydropyridines is 1. The first-order chi connectivity index (χ1) is 15.2. The standard InChI is InChI=1S/C23H27N3O6/c1-12(2)17(30-5)10-31-23(29)19-14(4)25-13(3)18(22(27)28)20(19)15-7-6-8-16(9-15)21-24-11-32-26-21/h6-9,11-12,17,20,25H,10H2,1-5H3,(H,27,28). The summed E-state index contributed by atoms with van der Waals surface area (Å²) in [6.45, 7) is 7.39. The monoisotopic (exact) mass is 441 g/mol. The molecule has 0 spiro atoms. The molecule has 0 amide bonds. The number of aromatic nitrogens is 2.